The number of amides is 2. The Balaban J connectivity index is 2.12. The highest BCUT2D eigenvalue weighted by Gasteiger charge is 2.41. The molecule has 0 aromatic heterocycles. The predicted molar refractivity (Wildman–Crippen MR) is 103 cm³/mol. The van der Waals surface area contributed by atoms with E-state index in [0.717, 1.165) is 16.7 Å². The molecule has 0 aliphatic carbocycles. The molecule has 27 heavy (non-hydrogen) atoms. The predicted octanol–water partition coefficient (Wildman–Crippen LogP) is 3.50. The van der Waals surface area contributed by atoms with Gasteiger partial charge in [0.2, 0.25) is 0 Å². The second kappa shape index (κ2) is 8.12. The van der Waals surface area contributed by atoms with E-state index in [2.05, 4.69) is 0 Å². The Labute approximate surface area is 164 Å². The van der Waals surface area contributed by atoms with Crippen molar-refractivity contribution in [3.05, 3.63) is 63.8 Å². The van der Waals surface area contributed by atoms with Crippen LogP contribution in [0, 0.1) is 5.82 Å². The van der Waals surface area contributed by atoms with Crippen molar-refractivity contribution in [3.63, 3.8) is 0 Å². The van der Waals surface area contributed by atoms with E-state index in [0.29, 0.717) is 16.3 Å². The van der Waals surface area contributed by atoms with Gasteiger partial charge in [-0.3, -0.25) is 9.59 Å². The minimum atomic E-state index is -0.562. The molecular formula is C19H15ClFNO4S. The number of thioether (sulfide) groups is 1. The summed E-state index contributed by atoms with van der Waals surface area (Å²) in [7, 11) is 1.42. The maximum Gasteiger partial charge on any atom is 0.272 e. The number of hydrogen-bond acceptors (Lipinski definition) is 5. The highest BCUT2D eigenvalue weighted by molar-refractivity contribution is 8.04. The van der Waals surface area contributed by atoms with E-state index in [-0.39, 0.29) is 28.5 Å². The Hall–Kier alpha value is -2.35. The van der Waals surface area contributed by atoms with Gasteiger partial charge in [-0.25, -0.2) is 9.29 Å². The van der Waals surface area contributed by atoms with Crippen molar-refractivity contribution >= 4 is 46.4 Å². The van der Waals surface area contributed by atoms with Crippen LogP contribution in [0.5, 0.6) is 5.75 Å². The molecule has 0 saturated heterocycles. The van der Waals surface area contributed by atoms with Crippen molar-refractivity contribution < 1.29 is 23.8 Å². The topological polar surface area (TPSA) is 66.8 Å². The lowest BCUT2D eigenvalue weighted by molar-refractivity contribution is -0.119. The summed E-state index contributed by atoms with van der Waals surface area (Å²) in [5.41, 5.74) is 0.790. The average molecular weight is 408 g/mol. The molecule has 0 bridgehead atoms. The van der Waals surface area contributed by atoms with Gasteiger partial charge < -0.3 is 9.84 Å². The molecule has 0 radical (unpaired) electrons. The molecule has 2 aromatic carbocycles. The van der Waals surface area contributed by atoms with Gasteiger partial charge in [0, 0.05) is 10.8 Å². The van der Waals surface area contributed by atoms with Gasteiger partial charge in [0.1, 0.15) is 11.6 Å². The van der Waals surface area contributed by atoms with Crippen LogP contribution in [0.2, 0.25) is 5.02 Å². The third kappa shape index (κ3) is 3.71. The van der Waals surface area contributed by atoms with Crippen LogP contribution >= 0.6 is 23.4 Å². The van der Waals surface area contributed by atoms with E-state index < -0.39 is 17.6 Å². The van der Waals surface area contributed by atoms with Gasteiger partial charge in [0.05, 0.1) is 29.9 Å². The average Bonchev–Trinajstić information content (AvgIpc) is 2.90. The summed E-state index contributed by atoms with van der Waals surface area (Å²) < 4.78 is 18.5. The molecule has 8 heteroatoms. The van der Waals surface area contributed by atoms with E-state index in [1.54, 1.807) is 12.1 Å². The van der Waals surface area contributed by atoms with Crippen LogP contribution < -0.4 is 9.64 Å². The minimum Gasteiger partial charge on any atom is -0.495 e. The second-order valence-electron chi connectivity index (χ2n) is 5.54. The summed E-state index contributed by atoms with van der Waals surface area (Å²) >= 11 is 7.11. The SMILES string of the molecule is COc1ccc(Cl)cc1N1C(=O)C(SCCO)=C(c2ccc(F)cc2)C1=O. The standard InChI is InChI=1S/C19H15ClFNO4S/c1-26-15-7-4-12(20)10-14(15)22-18(24)16(11-2-5-13(21)6-3-11)17(19(22)25)27-9-8-23/h2-7,10,23H,8-9H2,1H3. The number of hydrogen-bond donors (Lipinski definition) is 1. The van der Waals surface area contributed by atoms with Gasteiger partial charge in [-0.1, -0.05) is 23.7 Å². The molecule has 0 fully saturated rings. The van der Waals surface area contributed by atoms with Crippen molar-refractivity contribution in [1.82, 2.24) is 0 Å². The molecule has 0 atom stereocenters. The fraction of sp³-hybridized carbons (Fsp3) is 0.158. The number of aliphatic hydroxyl groups excluding tert-OH is 1. The van der Waals surface area contributed by atoms with Crippen LogP contribution in [0.3, 0.4) is 0 Å². The number of methoxy groups -OCH3 is 1. The lowest BCUT2D eigenvalue weighted by Crippen LogP contribution is -2.31. The Morgan fingerprint density at radius 2 is 1.85 bits per heavy atom. The summed E-state index contributed by atoms with van der Waals surface area (Å²) in [6.45, 7) is -0.160. The first-order chi connectivity index (χ1) is 13.0. The Morgan fingerprint density at radius 1 is 1.15 bits per heavy atom. The monoisotopic (exact) mass is 407 g/mol. The van der Waals surface area contributed by atoms with Crippen LogP contribution in [0.15, 0.2) is 47.4 Å². The fourth-order valence-corrected chi connectivity index (χ4v) is 3.75. The number of imide groups is 1. The Bertz CT molecular complexity index is 930. The van der Waals surface area contributed by atoms with Crippen LogP contribution in [-0.4, -0.2) is 36.4 Å². The van der Waals surface area contributed by atoms with Gasteiger partial charge in [0.15, 0.2) is 0 Å². The Morgan fingerprint density at radius 3 is 2.48 bits per heavy atom. The molecule has 3 rings (SSSR count). The highest BCUT2D eigenvalue weighted by atomic mass is 35.5. The van der Waals surface area contributed by atoms with Gasteiger partial charge in [0.25, 0.3) is 11.8 Å². The zero-order valence-electron chi connectivity index (χ0n) is 14.2. The third-order valence-electron chi connectivity index (χ3n) is 3.89. The van der Waals surface area contributed by atoms with Crippen molar-refractivity contribution in [1.29, 1.82) is 0 Å². The van der Waals surface area contributed by atoms with Crippen LogP contribution in [-0.2, 0) is 9.59 Å². The maximum atomic E-state index is 13.3. The van der Waals surface area contributed by atoms with Gasteiger partial charge in [-0.15, -0.1) is 11.8 Å². The van der Waals surface area contributed by atoms with E-state index in [9.17, 15) is 14.0 Å². The second-order valence-corrected chi connectivity index (χ2v) is 7.09. The molecule has 2 amide bonds. The van der Waals surface area contributed by atoms with Gasteiger partial charge >= 0.3 is 0 Å². The third-order valence-corrected chi connectivity index (χ3v) is 5.18. The summed E-state index contributed by atoms with van der Waals surface area (Å²) in [4.78, 5) is 27.3. The van der Waals surface area contributed by atoms with Crippen molar-refractivity contribution in [2.45, 2.75) is 0 Å². The lowest BCUT2D eigenvalue weighted by atomic mass is 10.1. The first-order valence-electron chi connectivity index (χ1n) is 7.94. The normalized spacial score (nSPS) is 14.3. The number of rotatable bonds is 6. The molecule has 1 heterocycles. The minimum absolute atomic E-state index is 0.153. The van der Waals surface area contributed by atoms with Crippen molar-refractivity contribution in [3.8, 4) is 5.75 Å². The zero-order valence-corrected chi connectivity index (χ0v) is 15.8. The largest absolute Gasteiger partial charge is 0.495 e. The van der Waals surface area contributed by atoms with E-state index in [4.69, 9.17) is 21.4 Å². The van der Waals surface area contributed by atoms with Crippen LogP contribution in [0.4, 0.5) is 10.1 Å². The molecule has 1 N–H and O–H groups in total. The molecule has 0 spiro atoms. The number of nitrogens with zero attached hydrogens (tertiary/aromatic N) is 1. The number of halogens is 2. The number of carbonyl (C=O) groups is 2. The molecule has 5 nitrogen and oxygen atoms in total. The summed E-state index contributed by atoms with van der Waals surface area (Å²) in [6.07, 6.45) is 0. The summed E-state index contributed by atoms with van der Waals surface area (Å²) in [5, 5.41) is 9.47. The molecule has 0 unspecified atom stereocenters. The fourth-order valence-electron chi connectivity index (χ4n) is 2.72. The smallest absolute Gasteiger partial charge is 0.272 e. The number of ether oxygens (including phenoxy) is 1. The number of aliphatic hydroxyl groups is 1. The van der Waals surface area contributed by atoms with Gasteiger partial charge in [-0.05, 0) is 35.9 Å². The quantitative estimate of drug-likeness (QED) is 0.742. The van der Waals surface area contributed by atoms with E-state index >= 15 is 0 Å². The molecule has 1 aliphatic rings. The number of carbonyl (C=O) groups excluding carboxylic acids is 2. The number of anilines is 1. The first kappa shape index (κ1) is 19.4. The molecule has 0 saturated carbocycles. The van der Waals surface area contributed by atoms with Crippen molar-refractivity contribution in [2.75, 3.05) is 24.4 Å². The molecule has 2 aromatic rings. The van der Waals surface area contributed by atoms with E-state index in [1.165, 1.54) is 37.4 Å². The lowest BCUT2D eigenvalue weighted by Gasteiger charge is -2.18. The van der Waals surface area contributed by atoms with Crippen LogP contribution in [0.1, 0.15) is 5.56 Å². The van der Waals surface area contributed by atoms with E-state index in [1.807, 2.05) is 0 Å². The Kier molecular flexibility index (Phi) is 5.84. The number of benzene rings is 2. The van der Waals surface area contributed by atoms with Gasteiger partial charge in [-0.2, -0.15) is 0 Å². The molecule has 1 aliphatic heterocycles. The first-order valence-corrected chi connectivity index (χ1v) is 9.30. The van der Waals surface area contributed by atoms with Crippen LogP contribution in [0.25, 0.3) is 5.57 Å². The summed E-state index contributed by atoms with van der Waals surface area (Å²) in [5.74, 6) is -1.01. The zero-order chi connectivity index (χ0) is 19.6. The van der Waals surface area contributed by atoms with Crippen molar-refractivity contribution in [2.24, 2.45) is 0 Å². The highest BCUT2D eigenvalue weighted by Crippen LogP contribution is 2.41. The summed E-state index contributed by atoms with van der Waals surface area (Å²) in [6, 6.07) is 9.94. The maximum absolute atomic E-state index is 13.3. The molecular weight excluding hydrogens is 393 g/mol. The molecule has 140 valence electrons.